The summed E-state index contributed by atoms with van der Waals surface area (Å²) in [5.74, 6) is 0.730. The van der Waals surface area contributed by atoms with Gasteiger partial charge in [0, 0.05) is 31.1 Å². The first-order valence-corrected chi connectivity index (χ1v) is 9.81. The molecule has 1 amide bonds. The zero-order valence-corrected chi connectivity index (χ0v) is 16.0. The molecule has 5 rings (SSSR count). The fourth-order valence-corrected chi connectivity index (χ4v) is 3.90. The summed E-state index contributed by atoms with van der Waals surface area (Å²) in [5, 5.41) is 1.02. The lowest BCUT2D eigenvalue weighted by Crippen LogP contribution is -2.38. The number of hydrogen-bond donors (Lipinski definition) is 1. The van der Waals surface area contributed by atoms with Gasteiger partial charge in [0.05, 0.1) is 29.8 Å². The lowest BCUT2D eigenvalue weighted by molar-refractivity contribution is -0.134. The number of ether oxygens (including phenoxy) is 1. The van der Waals surface area contributed by atoms with Gasteiger partial charge in [-0.25, -0.2) is 4.98 Å². The summed E-state index contributed by atoms with van der Waals surface area (Å²) < 4.78 is 8.14. The molecule has 0 fully saturated rings. The third-order valence-corrected chi connectivity index (χ3v) is 5.45. The van der Waals surface area contributed by atoms with E-state index in [-0.39, 0.29) is 12.5 Å². The summed E-state index contributed by atoms with van der Waals surface area (Å²) in [6.07, 6.45) is 4.54. The zero-order valence-electron chi connectivity index (χ0n) is 16.0. The van der Waals surface area contributed by atoms with Gasteiger partial charge in [-0.3, -0.25) is 4.79 Å². The van der Waals surface area contributed by atoms with Crippen LogP contribution in [0.25, 0.3) is 10.9 Å². The maximum absolute atomic E-state index is 12.6. The monoisotopic (exact) mass is 386 g/mol. The highest BCUT2D eigenvalue weighted by atomic mass is 16.5. The molecule has 0 aliphatic carbocycles. The highest BCUT2D eigenvalue weighted by molar-refractivity contribution is 5.87. The molecule has 2 aromatic heterocycles. The molecule has 1 aliphatic heterocycles. The Morgan fingerprint density at radius 2 is 2.00 bits per heavy atom. The highest BCUT2D eigenvalue weighted by Crippen LogP contribution is 2.27. The van der Waals surface area contributed by atoms with Crippen LogP contribution in [0, 0.1) is 0 Å². The van der Waals surface area contributed by atoms with E-state index in [1.807, 2.05) is 35.2 Å². The number of H-pyrrole nitrogens is 1. The van der Waals surface area contributed by atoms with Crippen LogP contribution in [-0.2, 0) is 24.3 Å². The standard InChI is InChI=1S/C23H22N4O2/c28-23(27-12-10-19-20(14-27)25-16-24-19)15-29-22-8-4-7-21-18(22)9-11-26(21)13-17-5-2-1-3-6-17/h1-9,11,16H,10,12-15H2,(H,24,25). The number of fused-ring (bicyclic) bond motifs is 2. The molecule has 6 nitrogen and oxygen atoms in total. The normalized spacial score (nSPS) is 13.4. The second-order valence-corrected chi connectivity index (χ2v) is 7.30. The Morgan fingerprint density at radius 3 is 2.90 bits per heavy atom. The SMILES string of the molecule is O=C(COc1cccc2c1ccn2Cc1ccccc1)N1CCc2nc[nH]c2C1. The number of aromatic amines is 1. The number of nitrogens with one attached hydrogen (secondary N) is 1. The van der Waals surface area contributed by atoms with E-state index < -0.39 is 0 Å². The van der Waals surface area contributed by atoms with Gasteiger partial charge in [0.15, 0.2) is 6.61 Å². The van der Waals surface area contributed by atoms with Crippen molar-refractivity contribution in [3.63, 3.8) is 0 Å². The van der Waals surface area contributed by atoms with Crippen LogP contribution in [0.2, 0.25) is 0 Å². The van der Waals surface area contributed by atoms with Crippen LogP contribution < -0.4 is 4.74 Å². The van der Waals surface area contributed by atoms with Crippen molar-refractivity contribution in [2.75, 3.05) is 13.2 Å². The minimum absolute atomic E-state index is 0.00836. The first kappa shape index (κ1) is 17.6. The minimum atomic E-state index is -0.00836. The maximum Gasteiger partial charge on any atom is 0.260 e. The molecule has 0 radical (unpaired) electrons. The number of amides is 1. The van der Waals surface area contributed by atoms with Crippen LogP contribution in [0.15, 0.2) is 67.1 Å². The quantitative estimate of drug-likeness (QED) is 0.572. The average Bonchev–Trinajstić information content (AvgIpc) is 3.39. The maximum atomic E-state index is 12.6. The molecule has 146 valence electrons. The van der Waals surface area contributed by atoms with Gasteiger partial charge < -0.3 is 19.2 Å². The number of benzene rings is 2. The Kier molecular flexibility index (Phi) is 4.52. The molecular formula is C23H22N4O2. The molecular weight excluding hydrogens is 364 g/mol. The largest absolute Gasteiger partial charge is 0.483 e. The van der Waals surface area contributed by atoms with Crippen molar-refractivity contribution < 1.29 is 9.53 Å². The molecule has 0 saturated carbocycles. The summed E-state index contributed by atoms with van der Waals surface area (Å²) in [7, 11) is 0. The average molecular weight is 386 g/mol. The van der Waals surface area contributed by atoms with E-state index in [4.69, 9.17) is 4.74 Å². The van der Waals surface area contributed by atoms with E-state index in [9.17, 15) is 4.79 Å². The van der Waals surface area contributed by atoms with Crippen molar-refractivity contribution in [2.24, 2.45) is 0 Å². The van der Waals surface area contributed by atoms with Gasteiger partial charge in [-0.15, -0.1) is 0 Å². The molecule has 1 aliphatic rings. The predicted octanol–water partition coefficient (Wildman–Crippen LogP) is 3.38. The van der Waals surface area contributed by atoms with Gasteiger partial charge >= 0.3 is 0 Å². The summed E-state index contributed by atoms with van der Waals surface area (Å²) in [5.41, 5.74) is 4.41. The van der Waals surface area contributed by atoms with Crippen molar-refractivity contribution in [3.8, 4) is 5.75 Å². The van der Waals surface area contributed by atoms with Crippen LogP contribution in [0.4, 0.5) is 0 Å². The van der Waals surface area contributed by atoms with Crippen LogP contribution >= 0.6 is 0 Å². The second-order valence-electron chi connectivity index (χ2n) is 7.30. The molecule has 3 heterocycles. The van der Waals surface area contributed by atoms with Crippen LogP contribution in [-0.4, -0.2) is 38.5 Å². The van der Waals surface area contributed by atoms with Gasteiger partial charge in [0.2, 0.25) is 0 Å². The lowest BCUT2D eigenvalue weighted by atomic mass is 10.1. The molecule has 2 aromatic carbocycles. The van der Waals surface area contributed by atoms with Gasteiger partial charge in [-0.2, -0.15) is 0 Å². The van der Waals surface area contributed by atoms with Crippen molar-refractivity contribution in [3.05, 3.63) is 84.1 Å². The zero-order chi connectivity index (χ0) is 19.6. The van der Waals surface area contributed by atoms with Crippen molar-refractivity contribution in [1.29, 1.82) is 0 Å². The fraction of sp³-hybridized carbons (Fsp3) is 0.217. The molecule has 4 aromatic rings. The molecule has 0 bridgehead atoms. The molecule has 29 heavy (non-hydrogen) atoms. The van der Waals surface area contributed by atoms with Crippen molar-refractivity contribution >= 4 is 16.8 Å². The number of rotatable bonds is 5. The van der Waals surface area contributed by atoms with Gasteiger partial charge in [-0.1, -0.05) is 36.4 Å². The van der Waals surface area contributed by atoms with Gasteiger partial charge in [0.1, 0.15) is 5.75 Å². The van der Waals surface area contributed by atoms with Crippen LogP contribution in [0.5, 0.6) is 5.75 Å². The topological polar surface area (TPSA) is 63.1 Å². The van der Waals surface area contributed by atoms with Crippen molar-refractivity contribution in [1.82, 2.24) is 19.4 Å². The molecule has 0 unspecified atom stereocenters. The van der Waals surface area contributed by atoms with Gasteiger partial charge in [-0.05, 0) is 23.8 Å². The Balaban J connectivity index is 1.29. The fourth-order valence-electron chi connectivity index (χ4n) is 3.90. The molecule has 0 spiro atoms. The third kappa shape index (κ3) is 3.49. The summed E-state index contributed by atoms with van der Waals surface area (Å²) >= 11 is 0. The van der Waals surface area contributed by atoms with Crippen LogP contribution in [0.3, 0.4) is 0 Å². The van der Waals surface area contributed by atoms with E-state index in [2.05, 4.69) is 45.0 Å². The predicted molar refractivity (Wildman–Crippen MR) is 111 cm³/mol. The summed E-state index contributed by atoms with van der Waals surface area (Å²) in [6, 6.07) is 18.4. The molecule has 1 N–H and O–H groups in total. The molecule has 0 atom stereocenters. The highest BCUT2D eigenvalue weighted by Gasteiger charge is 2.22. The van der Waals surface area contributed by atoms with Crippen LogP contribution in [0.1, 0.15) is 17.0 Å². The first-order chi connectivity index (χ1) is 14.3. The van der Waals surface area contributed by atoms with Crippen molar-refractivity contribution in [2.45, 2.75) is 19.5 Å². The number of aromatic nitrogens is 3. The third-order valence-electron chi connectivity index (χ3n) is 5.45. The number of hydrogen-bond acceptors (Lipinski definition) is 3. The lowest BCUT2D eigenvalue weighted by Gasteiger charge is -2.26. The Hall–Kier alpha value is -3.54. The Labute approximate surface area is 168 Å². The van der Waals surface area contributed by atoms with E-state index in [1.165, 1.54) is 5.56 Å². The smallest absolute Gasteiger partial charge is 0.260 e. The van der Waals surface area contributed by atoms with Gasteiger partial charge in [0.25, 0.3) is 5.91 Å². The summed E-state index contributed by atoms with van der Waals surface area (Å²) in [4.78, 5) is 21.9. The number of carbonyl (C=O) groups is 1. The Morgan fingerprint density at radius 1 is 1.10 bits per heavy atom. The number of nitrogens with zero attached hydrogens (tertiary/aromatic N) is 3. The molecule has 6 heteroatoms. The minimum Gasteiger partial charge on any atom is -0.483 e. The number of imidazole rings is 1. The van der Waals surface area contributed by atoms with E-state index in [1.54, 1.807) is 6.33 Å². The summed E-state index contributed by atoms with van der Waals surface area (Å²) in [6.45, 7) is 2.08. The Bertz CT molecular complexity index is 1150. The second kappa shape index (κ2) is 7.47. The first-order valence-electron chi connectivity index (χ1n) is 9.81. The molecule has 0 saturated heterocycles. The van der Waals surface area contributed by atoms with E-state index in [0.717, 1.165) is 41.0 Å². The van der Waals surface area contributed by atoms with E-state index in [0.29, 0.717) is 13.1 Å². The van der Waals surface area contributed by atoms with E-state index >= 15 is 0 Å². The number of carbonyl (C=O) groups excluding carboxylic acids is 1.